The minimum atomic E-state index is -0.470. The third kappa shape index (κ3) is 6.22. The molecule has 3 N–H and O–H groups in total. The van der Waals surface area contributed by atoms with Crippen molar-refractivity contribution in [3.8, 4) is 0 Å². The highest BCUT2D eigenvalue weighted by molar-refractivity contribution is 6.37. The van der Waals surface area contributed by atoms with Gasteiger partial charge in [0.1, 0.15) is 0 Å². The van der Waals surface area contributed by atoms with Crippen molar-refractivity contribution < 1.29 is 24.2 Å². The van der Waals surface area contributed by atoms with E-state index in [4.69, 9.17) is 4.74 Å². The number of esters is 1. The predicted molar refractivity (Wildman–Crippen MR) is 156 cm³/mol. The lowest BCUT2D eigenvalue weighted by molar-refractivity contribution is -0.110. The van der Waals surface area contributed by atoms with E-state index in [9.17, 15) is 19.5 Å². The van der Waals surface area contributed by atoms with Crippen molar-refractivity contribution in [2.24, 2.45) is 0 Å². The molecule has 0 saturated carbocycles. The predicted octanol–water partition coefficient (Wildman–Crippen LogP) is 3.71. The standard InChI is InChI=1S/C31H34N4O5/c1-20-18-25-26(19-24(20)31(39)40-4)33-29(37)27(25)28(21-8-6-5-7-9-21)32-23-12-10-22(11-13-23)30(38)35(16-17-36)15-14-34(2)3/h5-13,18-19,32,36H,14-17H2,1-4H3,(H,33,37)/b28-27-. The highest BCUT2D eigenvalue weighted by Crippen LogP contribution is 2.39. The van der Waals surface area contributed by atoms with E-state index in [0.717, 1.165) is 5.56 Å². The number of nitrogens with zero attached hydrogens (tertiary/aromatic N) is 2. The molecule has 40 heavy (non-hydrogen) atoms. The summed E-state index contributed by atoms with van der Waals surface area (Å²) in [4.78, 5) is 42.2. The van der Waals surface area contributed by atoms with E-state index in [1.165, 1.54) is 7.11 Å². The van der Waals surface area contributed by atoms with Crippen LogP contribution in [0.15, 0.2) is 66.7 Å². The summed E-state index contributed by atoms with van der Waals surface area (Å²) in [6, 6.07) is 20.0. The molecule has 0 fully saturated rings. The number of hydrogen-bond donors (Lipinski definition) is 3. The molecular weight excluding hydrogens is 508 g/mol. The molecule has 1 aliphatic heterocycles. The molecule has 0 spiro atoms. The Bertz CT molecular complexity index is 1430. The fourth-order valence-corrected chi connectivity index (χ4v) is 4.57. The zero-order valence-electron chi connectivity index (χ0n) is 23.2. The first kappa shape index (κ1) is 28.5. The van der Waals surface area contributed by atoms with Crippen molar-refractivity contribution in [2.75, 3.05) is 58.1 Å². The Morgan fingerprint density at radius 2 is 1.65 bits per heavy atom. The first-order valence-corrected chi connectivity index (χ1v) is 13.0. The number of ether oxygens (including phenoxy) is 1. The molecule has 1 heterocycles. The smallest absolute Gasteiger partial charge is 0.338 e. The van der Waals surface area contributed by atoms with Crippen LogP contribution in [-0.2, 0) is 9.53 Å². The summed E-state index contributed by atoms with van der Waals surface area (Å²) in [7, 11) is 5.19. The van der Waals surface area contributed by atoms with E-state index in [2.05, 4.69) is 10.6 Å². The van der Waals surface area contributed by atoms with Crippen LogP contribution in [0.5, 0.6) is 0 Å². The summed E-state index contributed by atoms with van der Waals surface area (Å²) in [6.45, 7) is 3.13. The van der Waals surface area contributed by atoms with Gasteiger partial charge in [0.15, 0.2) is 0 Å². The summed E-state index contributed by atoms with van der Waals surface area (Å²) in [5, 5.41) is 15.7. The van der Waals surface area contributed by atoms with Gasteiger partial charge in [-0.2, -0.15) is 0 Å². The third-order valence-electron chi connectivity index (χ3n) is 6.70. The SMILES string of the molecule is COC(=O)c1cc2c(cc1C)/C(=C(/Nc1ccc(C(=O)N(CCO)CCN(C)C)cc1)c1ccccc1)C(=O)N2. The molecule has 0 atom stereocenters. The topological polar surface area (TPSA) is 111 Å². The molecule has 3 aromatic rings. The van der Waals surface area contributed by atoms with Gasteiger partial charge in [-0.3, -0.25) is 9.59 Å². The molecule has 0 radical (unpaired) electrons. The number of rotatable bonds is 10. The van der Waals surface area contributed by atoms with Gasteiger partial charge >= 0.3 is 5.97 Å². The molecule has 0 bridgehead atoms. The summed E-state index contributed by atoms with van der Waals surface area (Å²) < 4.78 is 4.89. The second kappa shape index (κ2) is 12.6. The largest absolute Gasteiger partial charge is 0.465 e. The number of hydrogen-bond acceptors (Lipinski definition) is 7. The van der Waals surface area contributed by atoms with Crippen LogP contribution < -0.4 is 10.6 Å². The average molecular weight is 543 g/mol. The van der Waals surface area contributed by atoms with Gasteiger partial charge < -0.3 is 30.3 Å². The number of carbonyl (C=O) groups is 3. The van der Waals surface area contributed by atoms with E-state index in [0.29, 0.717) is 58.0 Å². The van der Waals surface area contributed by atoms with Crippen LogP contribution in [0.1, 0.15) is 37.4 Å². The highest BCUT2D eigenvalue weighted by Gasteiger charge is 2.30. The first-order chi connectivity index (χ1) is 19.2. The van der Waals surface area contributed by atoms with E-state index >= 15 is 0 Å². The third-order valence-corrected chi connectivity index (χ3v) is 6.70. The lowest BCUT2D eigenvalue weighted by Gasteiger charge is -2.24. The molecule has 0 unspecified atom stereocenters. The average Bonchev–Trinajstić information content (AvgIpc) is 3.27. The Labute approximate surface area is 234 Å². The van der Waals surface area contributed by atoms with Crippen LogP contribution in [0.3, 0.4) is 0 Å². The van der Waals surface area contributed by atoms with E-state index in [1.54, 1.807) is 42.2 Å². The van der Waals surface area contributed by atoms with Crippen molar-refractivity contribution >= 4 is 40.4 Å². The highest BCUT2D eigenvalue weighted by atomic mass is 16.5. The summed E-state index contributed by atoms with van der Waals surface area (Å²) in [6.07, 6.45) is 0. The molecule has 0 aliphatic carbocycles. The maximum Gasteiger partial charge on any atom is 0.338 e. The lowest BCUT2D eigenvalue weighted by atomic mass is 9.96. The van der Waals surface area contributed by atoms with E-state index in [-0.39, 0.29) is 25.0 Å². The monoisotopic (exact) mass is 542 g/mol. The van der Waals surface area contributed by atoms with Crippen molar-refractivity contribution in [3.63, 3.8) is 0 Å². The molecule has 0 aromatic heterocycles. The maximum absolute atomic E-state index is 13.3. The van der Waals surface area contributed by atoms with Crippen molar-refractivity contribution in [1.29, 1.82) is 0 Å². The number of fused-ring (bicyclic) bond motifs is 1. The Morgan fingerprint density at radius 1 is 0.950 bits per heavy atom. The Balaban J connectivity index is 1.70. The fraction of sp³-hybridized carbons (Fsp3) is 0.258. The number of aliphatic hydroxyl groups excluding tert-OH is 1. The fourth-order valence-electron chi connectivity index (χ4n) is 4.57. The summed E-state index contributed by atoms with van der Waals surface area (Å²) >= 11 is 0. The van der Waals surface area contributed by atoms with Gasteiger partial charge in [0.2, 0.25) is 0 Å². The number of benzene rings is 3. The zero-order chi connectivity index (χ0) is 28.8. The lowest BCUT2D eigenvalue weighted by Crippen LogP contribution is -2.38. The van der Waals surface area contributed by atoms with E-state index in [1.807, 2.05) is 55.4 Å². The normalized spacial score (nSPS) is 13.5. The molecule has 9 heteroatoms. The quantitative estimate of drug-likeness (QED) is 0.265. The summed E-state index contributed by atoms with van der Waals surface area (Å²) in [5.41, 5.74) is 5.31. The second-order valence-corrected chi connectivity index (χ2v) is 9.80. The number of amides is 2. The van der Waals surface area contributed by atoms with Gasteiger partial charge in [0, 0.05) is 36.4 Å². The van der Waals surface area contributed by atoms with Gasteiger partial charge in [0.05, 0.1) is 36.2 Å². The van der Waals surface area contributed by atoms with E-state index < -0.39 is 5.97 Å². The number of nitrogens with one attached hydrogen (secondary N) is 2. The molecular formula is C31H34N4O5. The molecule has 0 saturated heterocycles. The van der Waals surface area contributed by atoms with Crippen LogP contribution in [0.4, 0.5) is 11.4 Å². The Hall–Kier alpha value is -4.47. The molecule has 2 amide bonds. The Kier molecular flexibility index (Phi) is 8.98. The molecule has 9 nitrogen and oxygen atoms in total. The van der Waals surface area contributed by atoms with Gasteiger partial charge in [-0.15, -0.1) is 0 Å². The minimum absolute atomic E-state index is 0.114. The number of aliphatic hydroxyl groups is 1. The molecule has 4 rings (SSSR count). The molecule has 1 aliphatic rings. The first-order valence-electron chi connectivity index (χ1n) is 13.0. The van der Waals surface area contributed by atoms with Gasteiger partial charge in [0.25, 0.3) is 11.8 Å². The second-order valence-electron chi connectivity index (χ2n) is 9.80. The summed E-state index contributed by atoms with van der Waals surface area (Å²) in [5.74, 6) is -0.928. The number of likely N-dealkylation sites (N-methyl/N-ethyl adjacent to an activating group) is 1. The van der Waals surface area contributed by atoms with Crippen LogP contribution in [-0.4, -0.2) is 80.1 Å². The van der Waals surface area contributed by atoms with Crippen LogP contribution >= 0.6 is 0 Å². The van der Waals surface area contributed by atoms with Crippen molar-refractivity contribution in [3.05, 3.63) is 94.5 Å². The zero-order valence-corrected chi connectivity index (χ0v) is 23.2. The van der Waals surface area contributed by atoms with Gasteiger partial charge in [-0.1, -0.05) is 30.3 Å². The van der Waals surface area contributed by atoms with Gasteiger partial charge in [-0.25, -0.2) is 4.79 Å². The molecule has 208 valence electrons. The van der Waals surface area contributed by atoms with Crippen LogP contribution in [0.2, 0.25) is 0 Å². The van der Waals surface area contributed by atoms with Crippen molar-refractivity contribution in [1.82, 2.24) is 9.80 Å². The Morgan fingerprint density at radius 3 is 2.27 bits per heavy atom. The van der Waals surface area contributed by atoms with Crippen LogP contribution in [0, 0.1) is 6.92 Å². The minimum Gasteiger partial charge on any atom is -0.465 e. The number of methoxy groups -OCH3 is 1. The number of anilines is 2. The number of aryl methyl sites for hydroxylation is 1. The maximum atomic E-state index is 13.3. The number of carbonyl (C=O) groups excluding carboxylic acids is 3. The molecule has 3 aromatic carbocycles. The van der Waals surface area contributed by atoms with Crippen LogP contribution in [0.25, 0.3) is 11.3 Å². The van der Waals surface area contributed by atoms with Crippen molar-refractivity contribution in [2.45, 2.75) is 6.92 Å². The van der Waals surface area contributed by atoms with Gasteiger partial charge in [-0.05, 0) is 68.5 Å².